The van der Waals surface area contributed by atoms with Crippen molar-refractivity contribution in [3.63, 3.8) is 0 Å². The maximum Gasteiger partial charge on any atom is 0.0693 e. The Kier molecular flexibility index (Phi) is 3.89. The van der Waals surface area contributed by atoms with Crippen LogP contribution in [-0.2, 0) is 12.8 Å². The highest BCUT2D eigenvalue weighted by atomic mass is 32.1. The summed E-state index contributed by atoms with van der Waals surface area (Å²) in [5.41, 5.74) is -0.0759. The lowest BCUT2D eigenvalue weighted by Gasteiger charge is -2.34. The molecule has 1 aliphatic carbocycles. The number of hydrogen-bond acceptors (Lipinski definition) is 2. The third-order valence-corrected chi connectivity index (χ3v) is 5.14. The van der Waals surface area contributed by atoms with E-state index in [1.165, 1.54) is 22.6 Å². The van der Waals surface area contributed by atoms with Crippen LogP contribution in [0.2, 0.25) is 0 Å². The second-order valence-electron chi connectivity index (χ2n) is 5.49. The van der Waals surface area contributed by atoms with Gasteiger partial charge in [0.2, 0.25) is 0 Å². The van der Waals surface area contributed by atoms with Crippen molar-refractivity contribution in [3.05, 3.63) is 21.9 Å². The van der Waals surface area contributed by atoms with Crippen LogP contribution in [0.1, 0.15) is 49.3 Å². The molecule has 1 saturated carbocycles. The number of thiophene rings is 1. The van der Waals surface area contributed by atoms with Gasteiger partial charge in [-0.1, -0.05) is 26.7 Å². The largest absolute Gasteiger partial charge is 0.198 e. The first kappa shape index (κ1) is 12.6. The summed E-state index contributed by atoms with van der Waals surface area (Å²) in [6, 6.07) is 7.07. The smallest absolute Gasteiger partial charge is 0.0693 e. The molecule has 1 aromatic rings. The van der Waals surface area contributed by atoms with Crippen LogP contribution in [0.25, 0.3) is 0 Å². The van der Waals surface area contributed by atoms with Gasteiger partial charge in [0.15, 0.2) is 0 Å². The van der Waals surface area contributed by atoms with E-state index in [0.29, 0.717) is 5.92 Å². The van der Waals surface area contributed by atoms with Gasteiger partial charge in [0.25, 0.3) is 0 Å². The summed E-state index contributed by atoms with van der Waals surface area (Å²) >= 11 is 1.89. The SMILES string of the molecule is CCc1ccc(CC2(C#N)CCCC(C)C2)s1. The van der Waals surface area contributed by atoms with Crippen LogP contribution in [0.15, 0.2) is 12.1 Å². The predicted octanol–water partition coefficient (Wildman–Crippen LogP) is 4.57. The Labute approximate surface area is 108 Å². The van der Waals surface area contributed by atoms with Crippen molar-refractivity contribution in [2.75, 3.05) is 0 Å². The lowest BCUT2D eigenvalue weighted by molar-refractivity contribution is 0.210. The van der Waals surface area contributed by atoms with Gasteiger partial charge in [-0.2, -0.15) is 5.26 Å². The maximum atomic E-state index is 9.54. The monoisotopic (exact) mass is 247 g/mol. The van der Waals surface area contributed by atoms with Crippen LogP contribution in [0.5, 0.6) is 0 Å². The highest BCUT2D eigenvalue weighted by Crippen LogP contribution is 2.42. The first-order valence-electron chi connectivity index (χ1n) is 6.66. The summed E-state index contributed by atoms with van der Waals surface area (Å²) in [6.45, 7) is 4.48. The molecule has 0 radical (unpaired) electrons. The zero-order chi connectivity index (χ0) is 12.3. The van der Waals surface area contributed by atoms with E-state index in [1.54, 1.807) is 0 Å². The van der Waals surface area contributed by atoms with E-state index in [2.05, 4.69) is 32.0 Å². The summed E-state index contributed by atoms with van der Waals surface area (Å²) < 4.78 is 0. The summed E-state index contributed by atoms with van der Waals surface area (Å²) in [7, 11) is 0. The van der Waals surface area contributed by atoms with Gasteiger partial charge in [-0.05, 0) is 37.3 Å². The van der Waals surface area contributed by atoms with E-state index in [0.717, 1.165) is 25.7 Å². The fourth-order valence-electron chi connectivity index (χ4n) is 3.00. The fraction of sp³-hybridized carbons (Fsp3) is 0.667. The topological polar surface area (TPSA) is 23.8 Å². The van der Waals surface area contributed by atoms with Gasteiger partial charge in [0.05, 0.1) is 11.5 Å². The zero-order valence-electron chi connectivity index (χ0n) is 10.8. The molecule has 2 unspecified atom stereocenters. The minimum Gasteiger partial charge on any atom is -0.198 e. The fourth-order valence-corrected chi connectivity index (χ4v) is 4.10. The Morgan fingerprint density at radius 1 is 1.47 bits per heavy atom. The molecule has 2 heteroatoms. The Morgan fingerprint density at radius 2 is 2.24 bits per heavy atom. The zero-order valence-corrected chi connectivity index (χ0v) is 11.6. The molecular formula is C15H21NS. The molecule has 0 aromatic carbocycles. The molecule has 1 aliphatic rings. The third-order valence-electron chi connectivity index (χ3n) is 3.91. The van der Waals surface area contributed by atoms with E-state index in [1.807, 2.05) is 11.3 Å². The molecule has 0 N–H and O–H groups in total. The lowest BCUT2D eigenvalue weighted by atomic mass is 9.69. The molecule has 1 fully saturated rings. The number of rotatable bonds is 3. The average molecular weight is 247 g/mol. The highest BCUT2D eigenvalue weighted by Gasteiger charge is 2.35. The number of nitriles is 1. The number of aryl methyl sites for hydroxylation is 1. The summed E-state index contributed by atoms with van der Waals surface area (Å²) in [4.78, 5) is 2.84. The lowest BCUT2D eigenvalue weighted by Crippen LogP contribution is -2.28. The molecule has 0 amide bonds. The number of hydrogen-bond donors (Lipinski definition) is 0. The van der Waals surface area contributed by atoms with E-state index < -0.39 is 0 Å². The van der Waals surface area contributed by atoms with E-state index in [4.69, 9.17) is 0 Å². The average Bonchev–Trinajstić information content (AvgIpc) is 2.76. The van der Waals surface area contributed by atoms with Crippen LogP contribution < -0.4 is 0 Å². The van der Waals surface area contributed by atoms with Crippen LogP contribution in [-0.4, -0.2) is 0 Å². The van der Waals surface area contributed by atoms with Crippen molar-refractivity contribution < 1.29 is 0 Å². The molecule has 1 nitrogen and oxygen atoms in total. The molecule has 92 valence electrons. The van der Waals surface area contributed by atoms with Gasteiger partial charge >= 0.3 is 0 Å². The quantitative estimate of drug-likeness (QED) is 0.767. The molecule has 0 bridgehead atoms. The molecule has 1 heterocycles. The maximum absolute atomic E-state index is 9.54. The summed E-state index contributed by atoms with van der Waals surface area (Å²) in [5, 5.41) is 9.54. The Hall–Kier alpha value is -0.810. The second-order valence-corrected chi connectivity index (χ2v) is 6.74. The van der Waals surface area contributed by atoms with Gasteiger partial charge in [0, 0.05) is 16.2 Å². The third kappa shape index (κ3) is 2.90. The van der Waals surface area contributed by atoms with E-state index in [9.17, 15) is 5.26 Å². The van der Waals surface area contributed by atoms with Crippen molar-refractivity contribution >= 4 is 11.3 Å². The molecule has 2 atom stereocenters. The summed E-state index contributed by atoms with van der Waals surface area (Å²) in [5.74, 6) is 0.717. The van der Waals surface area contributed by atoms with Crippen molar-refractivity contribution in [2.45, 2.75) is 52.4 Å². The summed E-state index contributed by atoms with van der Waals surface area (Å²) in [6.07, 6.45) is 6.78. The standard InChI is InChI=1S/C15H21NS/c1-3-13-6-7-14(17-13)10-15(11-16)8-4-5-12(2)9-15/h6-7,12H,3-5,8-10H2,1-2H3. The predicted molar refractivity (Wildman–Crippen MR) is 73.1 cm³/mol. The van der Waals surface area contributed by atoms with Crippen LogP contribution in [0, 0.1) is 22.7 Å². The van der Waals surface area contributed by atoms with Crippen LogP contribution >= 0.6 is 11.3 Å². The molecule has 0 spiro atoms. The van der Waals surface area contributed by atoms with Crippen LogP contribution in [0.4, 0.5) is 0 Å². The van der Waals surface area contributed by atoms with Gasteiger partial charge in [-0.3, -0.25) is 0 Å². The van der Waals surface area contributed by atoms with Crippen LogP contribution in [0.3, 0.4) is 0 Å². The highest BCUT2D eigenvalue weighted by molar-refractivity contribution is 7.11. The minimum absolute atomic E-state index is 0.0759. The van der Waals surface area contributed by atoms with Crippen molar-refractivity contribution in [1.82, 2.24) is 0 Å². The molecule has 2 rings (SSSR count). The molecular weight excluding hydrogens is 226 g/mol. The molecule has 0 saturated heterocycles. The number of nitrogens with zero attached hydrogens (tertiary/aromatic N) is 1. The Morgan fingerprint density at radius 3 is 2.82 bits per heavy atom. The molecule has 0 aliphatic heterocycles. The first-order valence-corrected chi connectivity index (χ1v) is 7.48. The normalized spacial score (nSPS) is 28.9. The Bertz CT molecular complexity index is 415. The molecule has 1 aromatic heterocycles. The minimum atomic E-state index is -0.0759. The van der Waals surface area contributed by atoms with Gasteiger partial charge in [-0.15, -0.1) is 11.3 Å². The van der Waals surface area contributed by atoms with E-state index in [-0.39, 0.29) is 5.41 Å². The van der Waals surface area contributed by atoms with Gasteiger partial charge in [-0.25, -0.2) is 0 Å². The first-order chi connectivity index (χ1) is 8.17. The Balaban J connectivity index is 2.11. The van der Waals surface area contributed by atoms with Crippen molar-refractivity contribution in [3.8, 4) is 6.07 Å². The van der Waals surface area contributed by atoms with Crippen molar-refractivity contribution in [2.24, 2.45) is 11.3 Å². The van der Waals surface area contributed by atoms with Gasteiger partial charge < -0.3 is 0 Å². The van der Waals surface area contributed by atoms with Crippen molar-refractivity contribution in [1.29, 1.82) is 5.26 Å². The van der Waals surface area contributed by atoms with Gasteiger partial charge in [0.1, 0.15) is 0 Å². The second kappa shape index (κ2) is 5.23. The van der Waals surface area contributed by atoms with E-state index >= 15 is 0 Å². The molecule has 17 heavy (non-hydrogen) atoms.